The summed E-state index contributed by atoms with van der Waals surface area (Å²) in [6.07, 6.45) is -4.83. The fraction of sp³-hybridized carbons (Fsp3) is 0.583. The minimum Gasteiger partial charge on any atom is -0.394 e. The maximum absolute atomic E-state index is 14.2. The van der Waals surface area contributed by atoms with E-state index in [0.717, 1.165) is 6.42 Å². The van der Waals surface area contributed by atoms with Crippen LogP contribution in [0.3, 0.4) is 0 Å². The number of aromatic nitrogens is 5. The summed E-state index contributed by atoms with van der Waals surface area (Å²) in [5.74, 6) is -0.0907. The Bertz CT molecular complexity index is 1400. The van der Waals surface area contributed by atoms with Crippen LogP contribution in [-0.2, 0) is 4.74 Å². The Kier molecular flexibility index (Phi) is 6.05. The van der Waals surface area contributed by atoms with Crippen molar-refractivity contribution in [2.45, 2.75) is 74.5 Å². The zero-order valence-electron chi connectivity index (χ0n) is 23.8. The number of nitrogens with one attached hydrogen (secondary N) is 1. The molecule has 0 spiro atoms. The predicted octanol–water partition coefficient (Wildman–Crippen LogP) is 2.18. The normalized spacial score (nSPS) is 31.1. The van der Waals surface area contributed by atoms with Gasteiger partial charge in [-0.05, 0) is 36.9 Å². The number of thioether (sulfide) groups is 1. The van der Waals surface area contributed by atoms with Gasteiger partial charge in [0.15, 0.2) is 22.1 Å². The second-order valence-corrected chi connectivity index (χ2v) is 9.99. The Morgan fingerprint density at radius 1 is 1.33 bits per heavy atom. The number of halogens is 1. The van der Waals surface area contributed by atoms with Crippen molar-refractivity contribution in [3.05, 3.63) is 35.1 Å². The van der Waals surface area contributed by atoms with Crippen molar-refractivity contribution in [2.24, 2.45) is 0 Å². The molecule has 0 bridgehead atoms. The summed E-state index contributed by atoms with van der Waals surface area (Å²) in [6, 6.07) is 3.08. The van der Waals surface area contributed by atoms with Gasteiger partial charge < -0.3 is 25.4 Å². The van der Waals surface area contributed by atoms with Crippen molar-refractivity contribution in [1.29, 1.82) is 0 Å². The average molecular weight is 523 g/mol. The van der Waals surface area contributed by atoms with Crippen LogP contribution in [-0.4, -0.2) is 83.6 Å². The number of rotatable bonds is 10. The maximum atomic E-state index is 14.2. The van der Waals surface area contributed by atoms with Crippen LogP contribution in [0.15, 0.2) is 23.4 Å². The van der Waals surface area contributed by atoms with Crippen molar-refractivity contribution < 1.29 is 29.9 Å². The molecule has 2 heterocycles. The first-order valence-corrected chi connectivity index (χ1v) is 12.8. The summed E-state index contributed by atoms with van der Waals surface area (Å²) in [5.41, 5.74) is 1.45. The third-order valence-corrected chi connectivity index (χ3v) is 7.43. The van der Waals surface area contributed by atoms with Gasteiger partial charge >= 0.3 is 0 Å². The van der Waals surface area contributed by atoms with Gasteiger partial charge in [0.25, 0.3) is 0 Å². The van der Waals surface area contributed by atoms with Crippen molar-refractivity contribution >= 4 is 28.7 Å². The molecule has 6 atom stereocenters. The average Bonchev–Trinajstić information content (AvgIpc) is 3.16. The highest BCUT2D eigenvalue weighted by atomic mass is 32.2. The SMILES string of the molecule is [2H]C([2H])(CO)O[C@H]1C[C@@H](n2nnc3c(N[C@H]4[C@H](c5ccc(C)c(F)c5)C4([2H])[2H])nc(SCCC)nc32)[C@H](O)[C@@H]1O. The number of aryl methyl sites for hydroxylation is 1. The molecular weight excluding hydrogens is 487 g/mol. The van der Waals surface area contributed by atoms with E-state index in [-0.39, 0.29) is 23.4 Å². The highest BCUT2D eigenvalue weighted by Gasteiger charge is 2.45. The first-order chi connectivity index (χ1) is 18.9. The van der Waals surface area contributed by atoms with E-state index in [2.05, 4.69) is 25.6 Å². The van der Waals surface area contributed by atoms with Crippen LogP contribution >= 0.6 is 11.8 Å². The Labute approximate surface area is 217 Å². The Morgan fingerprint density at radius 2 is 2.17 bits per heavy atom. The smallest absolute Gasteiger partial charge is 0.191 e. The van der Waals surface area contributed by atoms with E-state index in [4.69, 9.17) is 10.2 Å². The molecular formula is C24H31FN6O4S. The van der Waals surface area contributed by atoms with Crippen LogP contribution in [0, 0.1) is 12.7 Å². The molecule has 2 fully saturated rings. The lowest BCUT2D eigenvalue weighted by atomic mass is 10.1. The lowest BCUT2D eigenvalue weighted by Gasteiger charge is -2.17. The second kappa shape index (κ2) is 10.5. The lowest BCUT2D eigenvalue weighted by molar-refractivity contribution is -0.0629. The minimum absolute atomic E-state index is 0.0310. The molecule has 194 valence electrons. The Morgan fingerprint density at radius 3 is 2.92 bits per heavy atom. The maximum Gasteiger partial charge on any atom is 0.191 e. The third-order valence-electron chi connectivity index (χ3n) is 6.38. The molecule has 0 unspecified atom stereocenters. The zero-order valence-corrected chi connectivity index (χ0v) is 20.6. The highest BCUT2D eigenvalue weighted by molar-refractivity contribution is 7.99. The van der Waals surface area contributed by atoms with E-state index in [9.17, 15) is 19.7 Å². The van der Waals surface area contributed by atoms with E-state index in [0.29, 0.717) is 22.0 Å². The lowest BCUT2D eigenvalue weighted by Crippen LogP contribution is -2.33. The largest absolute Gasteiger partial charge is 0.394 e. The van der Waals surface area contributed by atoms with Crippen LogP contribution in [0.5, 0.6) is 0 Å². The second-order valence-electron chi connectivity index (χ2n) is 8.93. The van der Waals surface area contributed by atoms with Gasteiger partial charge in [-0.2, -0.15) is 0 Å². The molecule has 2 aliphatic rings. The van der Waals surface area contributed by atoms with Crippen molar-refractivity contribution in [1.82, 2.24) is 25.0 Å². The molecule has 5 rings (SSSR count). The number of ether oxygens (including phenoxy) is 1. The van der Waals surface area contributed by atoms with Gasteiger partial charge in [-0.25, -0.2) is 19.0 Å². The monoisotopic (exact) mass is 522 g/mol. The first kappa shape index (κ1) is 20.7. The number of anilines is 1. The summed E-state index contributed by atoms with van der Waals surface area (Å²) in [5, 5.41) is 42.4. The molecule has 3 aromatic rings. The van der Waals surface area contributed by atoms with Crippen LogP contribution in [0.1, 0.15) is 54.7 Å². The molecule has 0 aliphatic heterocycles. The van der Waals surface area contributed by atoms with Crippen molar-refractivity contribution in [3.63, 3.8) is 0 Å². The molecule has 1 aromatic carbocycles. The van der Waals surface area contributed by atoms with Gasteiger partial charge in [-0.15, -0.1) is 5.10 Å². The van der Waals surface area contributed by atoms with E-state index in [1.54, 1.807) is 19.1 Å². The third kappa shape index (κ3) is 4.92. The fourth-order valence-electron chi connectivity index (χ4n) is 4.36. The quantitative estimate of drug-likeness (QED) is 0.231. The van der Waals surface area contributed by atoms with Gasteiger partial charge in [0, 0.05) is 26.9 Å². The molecule has 0 amide bonds. The topological polar surface area (TPSA) is 138 Å². The zero-order chi connectivity index (χ0) is 29.0. The standard InChI is InChI=1S/C24H31FN6O4S/c1-3-8-36-24-27-22(26-16-10-14(16)13-5-4-12(2)15(25)9-13)19-23(28-24)31(30-29-19)17-11-18(35-7-6-32)21(34)20(17)33/h4-5,9,14,16-18,20-21,32-34H,3,6-8,10-11H2,1-2H3,(H,26,27,28)/t14-,16+,17+,18-,20-,21+/m0/s1/i7D2,10D2. The number of hydrogen-bond donors (Lipinski definition) is 4. The Balaban J connectivity index is 1.47. The Hall–Kier alpha value is -2.38. The highest BCUT2D eigenvalue weighted by Crippen LogP contribution is 2.44. The summed E-state index contributed by atoms with van der Waals surface area (Å²) in [6.45, 7) is 0.314. The van der Waals surface area contributed by atoms with Crippen LogP contribution in [0.2, 0.25) is 0 Å². The summed E-state index contributed by atoms with van der Waals surface area (Å²) in [7, 11) is 0. The van der Waals surface area contributed by atoms with Gasteiger partial charge in [0.1, 0.15) is 18.0 Å². The van der Waals surface area contributed by atoms with Crippen LogP contribution in [0.25, 0.3) is 11.2 Å². The van der Waals surface area contributed by atoms with Crippen LogP contribution < -0.4 is 5.32 Å². The number of fused-ring (bicyclic) bond motifs is 1. The fourth-order valence-corrected chi connectivity index (χ4v) is 5.06. The predicted molar refractivity (Wildman–Crippen MR) is 133 cm³/mol. The first-order valence-electron chi connectivity index (χ1n) is 13.8. The van der Waals surface area contributed by atoms with Crippen molar-refractivity contribution in [3.8, 4) is 0 Å². The number of aliphatic hydroxyl groups excluding tert-OH is 3. The molecule has 4 N–H and O–H groups in total. The van der Waals surface area contributed by atoms with Gasteiger partial charge in [-0.3, -0.25) is 0 Å². The number of benzene rings is 1. The minimum atomic E-state index is -2.41. The number of aliphatic hydroxyl groups is 3. The summed E-state index contributed by atoms with van der Waals surface area (Å²) in [4.78, 5) is 9.14. The van der Waals surface area contributed by atoms with E-state index in [1.165, 1.54) is 22.5 Å². The molecule has 0 radical (unpaired) electrons. The molecule has 36 heavy (non-hydrogen) atoms. The van der Waals surface area contributed by atoms with Crippen LogP contribution in [0.4, 0.5) is 10.2 Å². The van der Waals surface area contributed by atoms with E-state index >= 15 is 0 Å². The molecule has 10 nitrogen and oxygen atoms in total. The van der Waals surface area contributed by atoms with Gasteiger partial charge in [0.05, 0.1) is 28.1 Å². The van der Waals surface area contributed by atoms with Crippen molar-refractivity contribution in [2.75, 3.05) is 24.2 Å². The summed E-state index contributed by atoms with van der Waals surface area (Å²) >= 11 is 1.38. The molecule has 12 heteroatoms. The van der Waals surface area contributed by atoms with E-state index in [1.807, 2.05) is 6.92 Å². The molecule has 0 saturated heterocycles. The van der Waals surface area contributed by atoms with Gasteiger partial charge in [0.2, 0.25) is 0 Å². The molecule has 2 aliphatic carbocycles. The molecule has 2 saturated carbocycles. The number of hydrogen-bond acceptors (Lipinski definition) is 10. The summed E-state index contributed by atoms with van der Waals surface area (Å²) < 4.78 is 53.2. The van der Waals surface area contributed by atoms with E-state index < -0.39 is 61.7 Å². The molecule has 2 aromatic heterocycles. The van der Waals surface area contributed by atoms with Gasteiger partial charge in [-0.1, -0.05) is 36.0 Å². The number of nitrogens with zero attached hydrogens (tertiary/aromatic N) is 5.